The number of hydrogen-bond donors (Lipinski definition) is 2. The SMILES string of the molecule is C#CCNS(=O)(=O)c1cccc(C(=O)O)c1C. The standard InChI is InChI=1S/C11H11NO4S/c1-3-7-12-17(15,16)10-6-4-5-9(8(10)2)11(13)14/h1,4-6,12H,7H2,2H3,(H,13,14). The van der Waals surface area contributed by atoms with Crippen LogP contribution in [0.4, 0.5) is 0 Å². The predicted octanol–water partition coefficient (Wildman–Crippen LogP) is 0.605. The Labute approximate surface area is 99.5 Å². The van der Waals surface area contributed by atoms with E-state index < -0.39 is 16.0 Å². The van der Waals surface area contributed by atoms with Gasteiger partial charge in [-0.3, -0.25) is 0 Å². The van der Waals surface area contributed by atoms with E-state index in [2.05, 4.69) is 10.6 Å². The Morgan fingerprint density at radius 2 is 2.18 bits per heavy atom. The van der Waals surface area contributed by atoms with E-state index in [1.165, 1.54) is 25.1 Å². The number of nitrogens with one attached hydrogen (secondary N) is 1. The second-order valence-corrected chi connectivity index (χ2v) is 5.00. The van der Waals surface area contributed by atoms with Gasteiger partial charge >= 0.3 is 5.97 Å². The first-order valence-electron chi connectivity index (χ1n) is 4.66. The lowest BCUT2D eigenvalue weighted by Crippen LogP contribution is -2.25. The average molecular weight is 253 g/mol. The molecule has 0 unspecified atom stereocenters. The molecule has 1 aromatic rings. The number of carbonyl (C=O) groups is 1. The van der Waals surface area contributed by atoms with Crippen LogP contribution >= 0.6 is 0 Å². The third-order valence-corrected chi connectivity index (χ3v) is 3.71. The van der Waals surface area contributed by atoms with E-state index in [-0.39, 0.29) is 22.6 Å². The molecule has 0 amide bonds. The minimum absolute atomic E-state index is 0.0476. The summed E-state index contributed by atoms with van der Waals surface area (Å²) in [6.45, 7) is 1.30. The highest BCUT2D eigenvalue weighted by atomic mass is 32.2. The maximum absolute atomic E-state index is 11.8. The molecule has 6 heteroatoms. The minimum Gasteiger partial charge on any atom is -0.478 e. The second kappa shape index (κ2) is 4.99. The third kappa shape index (κ3) is 2.84. The van der Waals surface area contributed by atoms with Gasteiger partial charge in [-0.1, -0.05) is 12.0 Å². The third-order valence-electron chi connectivity index (χ3n) is 2.17. The van der Waals surface area contributed by atoms with Crippen molar-refractivity contribution in [3.63, 3.8) is 0 Å². The van der Waals surface area contributed by atoms with Crippen LogP contribution in [0.15, 0.2) is 23.1 Å². The van der Waals surface area contributed by atoms with E-state index in [0.29, 0.717) is 0 Å². The fourth-order valence-corrected chi connectivity index (χ4v) is 2.55. The Morgan fingerprint density at radius 1 is 1.53 bits per heavy atom. The van der Waals surface area contributed by atoms with Crippen molar-refractivity contribution in [3.05, 3.63) is 29.3 Å². The van der Waals surface area contributed by atoms with Crippen LogP contribution in [0, 0.1) is 19.3 Å². The zero-order chi connectivity index (χ0) is 13.1. The van der Waals surface area contributed by atoms with Gasteiger partial charge in [-0.2, -0.15) is 4.72 Å². The van der Waals surface area contributed by atoms with Crippen LogP contribution in [-0.2, 0) is 10.0 Å². The lowest BCUT2D eigenvalue weighted by molar-refractivity contribution is 0.0696. The van der Waals surface area contributed by atoms with Crippen molar-refractivity contribution < 1.29 is 18.3 Å². The lowest BCUT2D eigenvalue weighted by Gasteiger charge is -2.09. The summed E-state index contributed by atoms with van der Waals surface area (Å²) < 4.78 is 25.7. The van der Waals surface area contributed by atoms with Gasteiger partial charge in [0.1, 0.15) is 0 Å². The molecular weight excluding hydrogens is 242 g/mol. The quantitative estimate of drug-likeness (QED) is 0.770. The van der Waals surface area contributed by atoms with Crippen LogP contribution in [-0.4, -0.2) is 26.0 Å². The highest BCUT2D eigenvalue weighted by molar-refractivity contribution is 7.89. The molecule has 0 spiro atoms. The summed E-state index contributed by atoms with van der Waals surface area (Å²) in [7, 11) is -3.76. The summed E-state index contributed by atoms with van der Waals surface area (Å²) in [6, 6.07) is 4.05. The van der Waals surface area contributed by atoms with Gasteiger partial charge < -0.3 is 5.11 Å². The molecule has 0 heterocycles. The molecule has 1 aromatic carbocycles. The number of carboxylic acids is 1. The molecule has 0 fully saturated rings. The van der Waals surface area contributed by atoms with Crippen molar-refractivity contribution in [1.82, 2.24) is 4.72 Å². The predicted molar refractivity (Wildman–Crippen MR) is 62.2 cm³/mol. The van der Waals surface area contributed by atoms with E-state index in [4.69, 9.17) is 11.5 Å². The summed E-state index contributed by atoms with van der Waals surface area (Å²) in [5.41, 5.74) is 0.137. The second-order valence-electron chi connectivity index (χ2n) is 3.26. The first-order chi connectivity index (χ1) is 7.90. The van der Waals surface area contributed by atoms with E-state index in [0.717, 1.165) is 0 Å². The summed E-state index contributed by atoms with van der Waals surface area (Å²) in [6.07, 6.45) is 4.96. The summed E-state index contributed by atoms with van der Waals surface area (Å²) >= 11 is 0. The number of hydrogen-bond acceptors (Lipinski definition) is 3. The molecule has 0 aliphatic heterocycles. The zero-order valence-electron chi connectivity index (χ0n) is 9.10. The van der Waals surface area contributed by atoms with Gasteiger partial charge in [-0.25, -0.2) is 13.2 Å². The number of sulfonamides is 1. The zero-order valence-corrected chi connectivity index (χ0v) is 9.91. The molecule has 2 N–H and O–H groups in total. The van der Waals surface area contributed by atoms with Gasteiger partial charge in [-0.15, -0.1) is 6.42 Å². The highest BCUT2D eigenvalue weighted by Gasteiger charge is 2.19. The Morgan fingerprint density at radius 3 is 2.71 bits per heavy atom. The Bertz CT molecular complexity index is 584. The molecule has 0 saturated heterocycles. The van der Waals surface area contributed by atoms with Gasteiger partial charge in [0.15, 0.2) is 0 Å². The Kier molecular flexibility index (Phi) is 3.89. The van der Waals surface area contributed by atoms with Crippen molar-refractivity contribution in [3.8, 4) is 12.3 Å². The monoisotopic (exact) mass is 253 g/mol. The Balaban J connectivity index is 3.29. The van der Waals surface area contributed by atoms with Gasteiger partial charge in [-0.05, 0) is 24.6 Å². The van der Waals surface area contributed by atoms with Gasteiger partial charge in [0, 0.05) is 0 Å². The fraction of sp³-hybridized carbons (Fsp3) is 0.182. The lowest BCUT2D eigenvalue weighted by atomic mass is 10.1. The van der Waals surface area contributed by atoms with Crippen LogP contribution in [0.2, 0.25) is 0 Å². The molecule has 5 nitrogen and oxygen atoms in total. The van der Waals surface area contributed by atoms with E-state index in [9.17, 15) is 13.2 Å². The number of carboxylic acid groups (broad SMARTS) is 1. The number of aromatic carboxylic acids is 1. The van der Waals surface area contributed by atoms with Crippen molar-refractivity contribution in [2.24, 2.45) is 0 Å². The summed E-state index contributed by atoms with van der Waals surface area (Å²) in [4.78, 5) is 10.8. The van der Waals surface area contributed by atoms with E-state index in [1.54, 1.807) is 0 Å². The maximum Gasteiger partial charge on any atom is 0.335 e. The van der Waals surface area contributed by atoms with Crippen molar-refractivity contribution >= 4 is 16.0 Å². The summed E-state index contributed by atoms with van der Waals surface area (Å²) in [5.74, 6) is 0.974. The molecule has 0 bridgehead atoms. The molecule has 0 aromatic heterocycles. The molecule has 0 radical (unpaired) electrons. The van der Waals surface area contributed by atoms with Crippen molar-refractivity contribution in [2.75, 3.05) is 6.54 Å². The molecule has 0 atom stereocenters. The van der Waals surface area contributed by atoms with E-state index >= 15 is 0 Å². The van der Waals surface area contributed by atoms with Gasteiger partial charge in [0.25, 0.3) is 0 Å². The van der Waals surface area contributed by atoms with Crippen LogP contribution in [0.1, 0.15) is 15.9 Å². The van der Waals surface area contributed by atoms with Crippen LogP contribution < -0.4 is 4.72 Å². The summed E-state index contributed by atoms with van der Waals surface area (Å²) in [5, 5.41) is 8.88. The normalized spacial score (nSPS) is 10.8. The van der Waals surface area contributed by atoms with Crippen LogP contribution in [0.3, 0.4) is 0 Å². The molecular formula is C11H11NO4S. The molecule has 17 heavy (non-hydrogen) atoms. The molecule has 90 valence electrons. The largest absolute Gasteiger partial charge is 0.478 e. The minimum atomic E-state index is -3.76. The van der Waals surface area contributed by atoms with Crippen molar-refractivity contribution in [1.29, 1.82) is 0 Å². The number of rotatable bonds is 4. The van der Waals surface area contributed by atoms with Crippen molar-refractivity contribution in [2.45, 2.75) is 11.8 Å². The Hall–Kier alpha value is -1.84. The maximum atomic E-state index is 11.8. The average Bonchev–Trinajstić information content (AvgIpc) is 2.26. The molecule has 0 aliphatic rings. The fourth-order valence-electron chi connectivity index (χ4n) is 1.35. The first-order valence-corrected chi connectivity index (χ1v) is 6.14. The highest BCUT2D eigenvalue weighted by Crippen LogP contribution is 2.18. The van der Waals surface area contributed by atoms with E-state index in [1.807, 2.05) is 0 Å². The molecule has 1 rings (SSSR count). The smallest absolute Gasteiger partial charge is 0.335 e. The van der Waals surface area contributed by atoms with Gasteiger partial charge in [0.2, 0.25) is 10.0 Å². The first kappa shape index (κ1) is 13.2. The van der Waals surface area contributed by atoms with Gasteiger partial charge in [0.05, 0.1) is 17.0 Å². The number of benzene rings is 1. The topological polar surface area (TPSA) is 83.5 Å². The van der Waals surface area contributed by atoms with Crippen LogP contribution in [0.5, 0.6) is 0 Å². The molecule has 0 aliphatic carbocycles. The van der Waals surface area contributed by atoms with Crippen LogP contribution in [0.25, 0.3) is 0 Å². The number of terminal acetylenes is 1. The molecule has 0 saturated carbocycles.